The smallest absolute Gasteiger partial charge is 0.281 e. The van der Waals surface area contributed by atoms with Crippen molar-refractivity contribution in [1.29, 1.82) is 0 Å². The van der Waals surface area contributed by atoms with Crippen LogP contribution in [0.5, 0.6) is 0 Å². The number of H-pyrrole nitrogens is 1. The van der Waals surface area contributed by atoms with E-state index in [1.54, 1.807) is 7.05 Å². The second-order valence-electron chi connectivity index (χ2n) is 4.20. The van der Waals surface area contributed by atoms with Crippen LogP contribution in [-0.2, 0) is 16.6 Å². The molecular formula is C12H15FN4O2S. The highest BCUT2D eigenvalue weighted by Crippen LogP contribution is 2.22. The van der Waals surface area contributed by atoms with Gasteiger partial charge in [0.1, 0.15) is 5.82 Å². The summed E-state index contributed by atoms with van der Waals surface area (Å²) in [6.45, 7) is 0.377. The third-order valence-corrected chi connectivity index (χ3v) is 4.66. The molecule has 0 amide bonds. The fourth-order valence-electron chi connectivity index (χ4n) is 1.77. The molecule has 0 radical (unpaired) electrons. The number of nitrogens with one attached hydrogen (secondary N) is 2. The number of benzene rings is 1. The molecule has 1 aromatic heterocycles. The summed E-state index contributed by atoms with van der Waals surface area (Å²) >= 11 is 0. The lowest BCUT2D eigenvalue weighted by Gasteiger charge is -2.19. The number of hydrogen-bond acceptors (Lipinski definition) is 4. The van der Waals surface area contributed by atoms with E-state index in [4.69, 9.17) is 0 Å². The first-order chi connectivity index (χ1) is 9.46. The molecule has 2 rings (SSSR count). The molecule has 0 saturated carbocycles. The number of rotatable bonds is 5. The molecule has 0 saturated heterocycles. The molecule has 2 aromatic rings. The number of anilines is 1. The number of sulfonamides is 1. The summed E-state index contributed by atoms with van der Waals surface area (Å²) in [6.07, 6.45) is 1.46. The third kappa shape index (κ3) is 2.66. The Morgan fingerprint density at radius 2 is 2.00 bits per heavy atom. The van der Waals surface area contributed by atoms with Crippen LogP contribution in [0.4, 0.5) is 10.1 Å². The van der Waals surface area contributed by atoms with Crippen molar-refractivity contribution in [3.05, 3.63) is 41.8 Å². The average Bonchev–Trinajstić information content (AvgIpc) is 2.88. The maximum atomic E-state index is 12.9. The highest BCUT2D eigenvalue weighted by atomic mass is 32.2. The summed E-state index contributed by atoms with van der Waals surface area (Å²) in [7, 11) is -0.637. The molecule has 0 aliphatic carbocycles. The molecule has 0 bridgehead atoms. The van der Waals surface area contributed by atoms with Crippen molar-refractivity contribution < 1.29 is 12.8 Å². The SMILES string of the molecule is CNCc1cn[nH]c1S(=O)(=O)N(C)c1ccc(F)cc1. The van der Waals surface area contributed by atoms with Crippen LogP contribution in [0.2, 0.25) is 0 Å². The van der Waals surface area contributed by atoms with E-state index in [1.807, 2.05) is 0 Å². The van der Waals surface area contributed by atoms with Crippen LogP contribution in [0.3, 0.4) is 0 Å². The Bertz CT molecular complexity index is 682. The van der Waals surface area contributed by atoms with Gasteiger partial charge in [-0.2, -0.15) is 13.5 Å². The molecule has 8 heteroatoms. The summed E-state index contributed by atoms with van der Waals surface area (Å²) in [5.41, 5.74) is 0.915. The standard InChI is InChI=1S/C12H15FN4O2S/c1-14-7-9-8-15-16-12(9)20(18,19)17(2)11-5-3-10(13)4-6-11/h3-6,8,14H,7H2,1-2H3,(H,15,16). The Morgan fingerprint density at radius 1 is 1.35 bits per heavy atom. The van der Waals surface area contributed by atoms with E-state index in [0.29, 0.717) is 17.8 Å². The fourth-order valence-corrected chi connectivity index (χ4v) is 3.06. The van der Waals surface area contributed by atoms with Gasteiger partial charge >= 0.3 is 0 Å². The van der Waals surface area contributed by atoms with Crippen LogP contribution < -0.4 is 9.62 Å². The van der Waals surface area contributed by atoms with Crippen LogP contribution >= 0.6 is 0 Å². The van der Waals surface area contributed by atoms with Gasteiger partial charge in [-0.05, 0) is 31.3 Å². The Labute approximate surface area is 116 Å². The third-order valence-electron chi connectivity index (χ3n) is 2.85. The van der Waals surface area contributed by atoms with Crippen LogP contribution in [0.25, 0.3) is 0 Å². The molecule has 0 atom stereocenters. The molecule has 0 spiro atoms. The summed E-state index contributed by atoms with van der Waals surface area (Å²) in [6, 6.07) is 5.23. The van der Waals surface area contributed by atoms with Crippen molar-refractivity contribution in [1.82, 2.24) is 15.5 Å². The normalized spacial score (nSPS) is 11.6. The number of nitrogens with zero attached hydrogens (tertiary/aromatic N) is 2. The van der Waals surface area contributed by atoms with Crippen molar-refractivity contribution in [3.63, 3.8) is 0 Å². The van der Waals surface area contributed by atoms with Gasteiger partial charge in [0.15, 0.2) is 5.03 Å². The van der Waals surface area contributed by atoms with E-state index in [-0.39, 0.29) is 5.03 Å². The van der Waals surface area contributed by atoms with Gasteiger partial charge in [-0.3, -0.25) is 9.40 Å². The molecule has 0 aliphatic rings. The van der Waals surface area contributed by atoms with Crippen molar-refractivity contribution in [2.75, 3.05) is 18.4 Å². The highest BCUT2D eigenvalue weighted by Gasteiger charge is 2.26. The first-order valence-electron chi connectivity index (χ1n) is 5.88. The second-order valence-corrected chi connectivity index (χ2v) is 6.11. The van der Waals surface area contributed by atoms with Crippen LogP contribution in [-0.4, -0.2) is 32.7 Å². The van der Waals surface area contributed by atoms with Crippen molar-refractivity contribution in [3.8, 4) is 0 Å². The lowest BCUT2D eigenvalue weighted by Crippen LogP contribution is -2.28. The summed E-state index contributed by atoms with van der Waals surface area (Å²) in [5, 5.41) is 9.17. The number of aromatic amines is 1. The maximum absolute atomic E-state index is 12.9. The Kier molecular flexibility index (Phi) is 4.05. The van der Waals surface area contributed by atoms with E-state index in [9.17, 15) is 12.8 Å². The van der Waals surface area contributed by atoms with Crippen molar-refractivity contribution >= 4 is 15.7 Å². The van der Waals surface area contributed by atoms with Gasteiger partial charge in [-0.15, -0.1) is 0 Å². The minimum atomic E-state index is -3.76. The molecule has 1 aromatic carbocycles. The number of hydrogen-bond donors (Lipinski definition) is 2. The highest BCUT2D eigenvalue weighted by molar-refractivity contribution is 7.92. The molecular weight excluding hydrogens is 283 g/mol. The van der Waals surface area contributed by atoms with E-state index in [1.165, 1.54) is 37.5 Å². The maximum Gasteiger partial charge on any atom is 0.281 e. The fraction of sp³-hybridized carbons (Fsp3) is 0.250. The monoisotopic (exact) mass is 298 g/mol. The van der Waals surface area contributed by atoms with Crippen LogP contribution in [0.15, 0.2) is 35.5 Å². The van der Waals surface area contributed by atoms with Crippen LogP contribution in [0.1, 0.15) is 5.56 Å². The molecule has 0 aliphatic heterocycles. The van der Waals surface area contributed by atoms with E-state index in [2.05, 4.69) is 15.5 Å². The van der Waals surface area contributed by atoms with Gasteiger partial charge < -0.3 is 5.32 Å². The van der Waals surface area contributed by atoms with Crippen LogP contribution in [0, 0.1) is 5.82 Å². The largest absolute Gasteiger partial charge is 0.316 e. The Morgan fingerprint density at radius 3 is 2.60 bits per heavy atom. The Balaban J connectivity index is 2.38. The predicted molar refractivity (Wildman–Crippen MR) is 73.3 cm³/mol. The summed E-state index contributed by atoms with van der Waals surface area (Å²) in [5.74, 6) is -0.419. The van der Waals surface area contributed by atoms with Gasteiger partial charge in [0, 0.05) is 19.2 Å². The molecule has 2 N–H and O–H groups in total. The Hall–Kier alpha value is -1.93. The van der Waals surface area contributed by atoms with E-state index < -0.39 is 15.8 Å². The lowest BCUT2D eigenvalue weighted by molar-refractivity contribution is 0.587. The first kappa shape index (κ1) is 14.5. The minimum Gasteiger partial charge on any atom is -0.316 e. The average molecular weight is 298 g/mol. The predicted octanol–water partition coefficient (Wildman–Crippen LogP) is 1.09. The van der Waals surface area contributed by atoms with Gasteiger partial charge in [-0.25, -0.2) is 4.39 Å². The number of halogens is 1. The lowest BCUT2D eigenvalue weighted by atomic mass is 10.3. The molecule has 6 nitrogen and oxygen atoms in total. The van der Waals surface area contributed by atoms with Crippen molar-refractivity contribution in [2.24, 2.45) is 0 Å². The molecule has 0 unspecified atom stereocenters. The quantitative estimate of drug-likeness (QED) is 0.866. The van der Waals surface area contributed by atoms with E-state index in [0.717, 1.165) is 4.31 Å². The van der Waals surface area contributed by atoms with Crippen molar-refractivity contribution in [2.45, 2.75) is 11.6 Å². The zero-order valence-corrected chi connectivity index (χ0v) is 11.9. The topological polar surface area (TPSA) is 78.1 Å². The van der Waals surface area contributed by atoms with Gasteiger partial charge in [0.25, 0.3) is 10.0 Å². The molecule has 1 heterocycles. The second kappa shape index (κ2) is 5.59. The summed E-state index contributed by atoms with van der Waals surface area (Å²) < 4.78 is 39.0. The van der Waals surface area contributed by atoms with Gasteiger partial charge in [0.2, 0.25) is 0 Å². The molecule has 0 fully saturated rings. The van der Waals surface area contributed by atoms with E-state index >= 15 is 0 Å². The molecule has 20 heavy (non-hydrogen) atoms. The minimum absolute atomic E-state index is 0.0266. The number of aromatic nitrogens is 2. The van der Waals surface area contributed by atoms with Gasteiger partial charge in [0.05, 0.1) is 11.9 Å². The molecule has 108 valence electrons. The van der Waals surface area contributed by atoms with Gasteiger partial charge in [-0.1, -0.05) is 0 Å². The summed E-state index contributed by atoms with van der Waals surface area (Å²) in [4.78, 5) is 0. The first-order valence-corrected chi connectivity index (χ1v) is 7.32. The zero-order valence-electron chi connectivity index (χ0n) is 11.1. The zero-order chi connectivity index (χ0) is 14.8.